The number of amides is 1. The van der Waals surface area contributed by atoms with Gasteiger partial charge in [-0.2, -0.15) is 0 Å². The van der Waals surface area contributed by atoms with Crippen molar-refractivity contribution in [2.24, 2.45) is 11.8 Å². The Bertz CT molecular complexity index is 315. The Morgan fingerprint density at radius 2 is 1.86 bits per heavy atom. The highest BCUT2D eigenvalue weighted by molar-refractivity contribution is 5.68. The van der Waals surface area contributed by atoms with Gasteiger partial charge in [-0.1, -0.05) is 20.8 Å². The molecule has 0 aliphatic carbocycles. The van der Waals surface area contributed by atoms with E-state index >= 15 is 0 Å². The minimum Gasteiger partial charge on any atom is -0.444 e. The number of nitrogens with one attached hydrogen (secondary N) is 1. The Morgan fingerprint density at radius 3 is 2.29 bits per heavy atom. The third kappa shape index (κ3) is 6.68. The van der Waals surface area contributed by atoms with Gasteiger partial charge in [0.1, 0.15) is 5.60 Å². The highest BCUT2D eigenvalue weighted by Crippen LogP contribution is 2.19. The Kier molecular flexibility index (Phi) is 6.98. The second-order valence-corrected chi connectivity index (χ2v) is 7.58. The third-order valence-corrected chi connectivity index (χ3v) is 4.18. The van der Waals surface area contributed by atoms with Crippen molar-refractivity contribution in [3.8, 4) is 0 Å². The monoisotopic (exact) mass is 298 g/mol. The zero-order valence-corrected chi connectivity index (χ0v) is 14.7. The van der Waals surface area contributed by atoms with Crippen LogP contribution < -0.4 is 5.32 Å². The second-order valence-electron chi connectivity index (χ2n) is 7.58. The normalized spacial score (nSPS) is 18.9. The molecule has 0 radical (unpaired) electrons. The lowest BCUT2D eigenvalue weighted by Crippen LogP contribution is -2.44. The zero-order chi connectivity index (χ0) is 16.0. The molecule has 0 bridgehead atoms. The maximum atomic E-state index is 12.0. The highest BCUT2D eigenvalue weighted by Gasteiger charge is 2.27. The summed E-state index contributed by atoms with van der Waals surface area (Å²) in [6, 6.07) is 0.605. The van der Waals surface area contributed by atoms with Gasteiger partial charge in [-0.25, -0.2) is 4.79 Å². The van der Waals surface area contributed by atoms with Gasteiger partial charge < -0.3 is 15.0 Å². The maximum Gasteiger partial charge on any atom is 0.410 e. The topological polar surface area (TPSA) is 41.6 Å². The van der Waals surface area contributed by atoms with E-state index in [1.165, 1.54) is 6.42 Å². The molecule has 124 valence electrons. The van der Waals surface area contributed by atoms with Crippen LogP contribution in [0.1, 0.15) is 60.8 Å². The lowest BCUT2D eigenvalue weighted by molar-refractivity contribution is 0.0183. The first kappa shape index (κ1) is 18.3. The third-order valence-electron chi connectivity index (χ3n) is 4.18. The summed E-state index contributed by atoms with van der Waals surface area (Å²) in [4.78, 5) is 13.9. The molecule has 0 aromatic rings. The molecule has 0 aromatic heterocycles. The predicted molar refractivity (Wildman–Crippen MR) is 87.5 cm³/mol. The molecular formula is C17H34N2O2. The Labute approximate surface area is 130 Å². The lowest BCUT2D eigenvalue weighted by Gasteiger charge is -2.34. The zero-order valence-electron chi connectivity index (χ0n) is 14.7. The predicted octanol–water partition coefficient (Wildman–Crippen LogP) is 3.66. The van der Waals surface area contributed by atoms with Crippen LogP contribution in [0.25, 0.3) is 0 Å². The fourth-order valence-electron chi connectivity index (χ4n) is 2.82. The van der Waals surface area contributed by atoms with Crippen molar-refractivity contribution in [1.29, 1.82) is 0 Å². The van der Waals surface area contributed by atoms with E-state index in [4.69, 9.17) is 4.74 Å². The van der Waals surface area contributed by atoms with Crippen molar-refractivity contribution in [2.75, 3.05) is 19.6 Å². The number of nitrogens with zero attached hydrogens (tertiary/aromatic N) is 1. The SMILES string of the molecule is CCC(NCC1CCN(C(=O)OC(C)(C)C)CC1)C(C)C. The summed E-state index contributed by atoms with van der Waals surface area (Å²) in [5.41, 5.74) is -0.402. The van der Waals surface area contributed by atoms with Crippen molar-refractivity contribution in [1.82, 2.24) is 10.2 Å². The number of hydrogen-bond acceptors (Lipinski definition) is 3. The fourth-order valence-corrected chi connectivity index (χ4v) is 2.82. The summed E-state index contributed by atoms with van der Waals surface area (Å²) in [5, 5.41) is 3.69. The van der Waals surface area contributed by atoms with Crippen LogP contribution in [0.3, 0.4) is 0 Å². The first-order valence-electron chi connectivity index (χ1n) is 8.44. The van der Waals surface area contributed by atoms with E-state index in [-0.39, 0.29) is 6.09 Å². The van der Waals surface area contributed by atoms with Crippen LogP contribution in [0.2, 0.25) is 0 Å². The molecule has 4 heteroatoms. The number of piperidine rings is 1. The van der Waals surface area contributed by atoms with Crippen LogP contribution in [0.5, 0.6) is 0 Å². The molecular weight excluding hydrogens is 264 g/mol. The Morgan fingerprint density at radius 1 is 1.29 bits per heavy atom. The molecule has 0 aromatic carbocycles. The minimum atomic E-state index is -0.402. The van der Waals surface area contributed by atoms with Gasteiger partial charge in [-0.15, -0.1) is 0 Å². The summed E-state index contributed by atoms with van der Waals surface area (Å²) >= 11 is 0. The molecule has 0 spiro atoms. The second kappa shape index (κ2) is 8.02. The summed E-state index contributed by atoms with van der Waals surface area (Å²) in [6.07, 6.45) is 3.15. The van der Waals surface area contributed by atoms with Gasteiger partial charge in [0.25, 0.3) is 0 Å². The van der Waals surface area contributed by atoms with Crippen LogP contribution in [0.4, 0.5) is 4.79 Å². The molecule has 21 heavy (non-hydrogen) atoms. The molecule has 1 heterocycles. The average molecular weight is 298 g/mol. The van der Waals surface area contributed by atoms with Gasteiger partial charge in [-0.3, -0.25) is 0 Å². The van der Waals surface area contributed by atoms with Crippen molar-refractivity contribution in [2.45, 2.75) is 72.4 Å². The smallest absolute Gasteiger partial charge is 0.410 e. The van der Waals surface area contributed by atoms with Gasteiger partial charge >= 0.3 is 6.09 Å². The molecule has 1 aliphatic heterocycles. The van der Waals surface area contributed by atoms with Gasteiger partial charge in [0.15, 0.2) is 0 Å². The van der Waals surface area contributed by atoms with E-state index in [2.05, 4.69) is 26.1 Å². The van der Waals surface area contributed by atoms with E-state index in [1.807, 2.05) is 25.7 Å². The highest BCUT2D eigenvalue weighted by atomic mass is 16.6. The van der Waals surface area contributed by atoms with Gasteiger partial charge in [-0.05, 0) is 58.4 Å². The van der Waals surface area contributed by atoms with Crippen molar-refractivity contribution in [3.63, 3.8) is 0 Å². The summed E-state index contributed by atoms with van der Waals surface area (Å²) in [6.45, 7) is 15.2. The van der Waals surface area contributed by atoms with E-state index in [1.54, 1.807) is 0 Å². The molecule has 0 saturated carbocycles. The summed E-state index contributed by atoms with van der Waals surface area (Å²) < 4.78 is 5.43. The van der Waals surface area contributed by atoms with Crippen LogP contribution in [0.15, 0.2) is 0 Å². The largest absolute Gasteiger partial charge is 0.444 e. The maximum absolute atomic E-state index is 12.0. The number of carbonyl (C=O) groups is 1. The van der Waals surface area contributed by atoms with Gasteiger partial charge in [0.05, 0.1) is 0 Å². The number of carbonyl (C=O) groups excluding carboxylic acids is 1. The van der Waals surface area contributed by atoms with Crippen LogP contribution in [0, 0.1) is 11.8 Å². The Balaban J connectivity index is 2.30. The van der Waals surface area contributed by atoms with E-state index in [9.17, 15) is 4.79 Å². The number of ether oxygens (including phenoxy) is 1. The Hall–Kier alpha value is -0.770. The first-order valence-corrected chi connectivity index (χ1v) is 8.44. The van der Waals surface area contributed by atoms with Gasteiger partial charge in [0, 0.05) is 19.1 Å². The molecule has 1 N–H and O–H groups in total. The lowest BCUT2D eigenvalue weighted by atomic mass is 9.95. The van der Waals surface area contributed by atoms with E-state index in [0.29, 0.717) is 17.9 Å². The van der Waals surface area contributed by atoms with Crippen molar-refractivity contribution >= 4 is 6.09 Å². The molecule has 1 fully saturated rings. The average Bonchev–Trinajstić information content (AvgIpc) is 2.37. The van der Waals surface area contributed by atoms with Crippen LogP contribution in [-0.4, -0.2) is 42.3 Å². The minimum absolute atomic E-state index is 0.164. The fraction of sp³-hybridized carbons (Fsp3) is 0.941. The summed E-state index contributed by atoms with van der Waals surface area (Å²) in [5.74, 6) is 1.35. The quantitative estimate of drug-likeness (QED) is 0.842. The molecule has 1 saturated heterocycles. The molecule has 1 aliphatic rings. The van der Waals surface area contributed by atoms with Crippen molar-refractivity contribution < 1.29 is 9.53 Å². The first-order chi connectivity index (χ1) is 9.73. The molecule has 1 atom stereocenters. The van der Waals surface area contributed by atoms with E-state index < -0.39 is 5.60 Å². The number of rotatable bonds is 5. The molecule has 1 amide bonds. The van der Waals surface area contributed by atoms with E-state index in [0.717, 1.165) is 32.5 Å². The van der Waals surface area contributed by atoms with Crippen molar-refractivity contribution in [3.05, 3.63) is 0 Å². The number of hydrogen-bond donors (Lipinski definition) is 1. The molecule has 1 unspecified atom stereocenters. The van der Waals surface area contributed by atoms with Crippen LogP contribution in [-0.2, 0) is 4.74 Å². The van der Waals surface area contributed by atoms with Gasteiger partial charge in [0.2, 0.25) is 0 Å². The molecule has 1 rings (SSSR count). The summed E-state index contributed by atoms with van der Waals surface area (Å²) in [7, 11) is 0. The van der Waals surface area contributed by atoms with Crippen LogP contribution >= 0.6 is 0 Å². The standard InChI is InChI=1S/C17H34N2O2/c1-7-15(13(2)3)18-12-14-8-10-19(11-9-14)16(20)21-17(4,5)6/h13-15,18H,7-12H2,1-6H3. The molecule has 4 nitrogen and oxygen atoms in total. The number of likely N-dealkylation sites (tertiary alicyclic amines) is 1.